The van der Waals surface area contributed by atoms with Gasteiger partial charge in [-0.3, -0.25) is 0 Å². The quantitative estimate of drug-likeness (QED) is 0.543. The fraction of sp³-hybridized carbons (Fsp3) is 1.00. The summed E-state index contributed by atoms with van der Waals surface area (Å²) in [6.07, 6.45) is 1.34. The Hall–Kier alpha value is 0.177. The van der Waals surface area contributed by atoms with Gasteiger partial charge in [0.05, 0.1) is 0 Å². The van der Waals surface area contributed by atoms with Crippen LogP contribution >= 0.6 is 0 Å². The van der Waals surface area contributed by atoms with Gasteiger partial charge in [0.2, 0.25) is 0 Å². The van der Waals surface area contributed by atoms with E-state index in [9.17, 15) is 0 Å². The Balaban J connectivity index is 2.83. The molecule has 0 radical (unpaired) electrons. The van der Waals surface area contributed by atoms with Crippen LogP contribution in [0.15, 0.2) is 0 Å². The molecule has 1 unspecified atom stereocenters. The van der Waals surface area contributed by atoms with Crippen LogP contribution in [0.25, 0.3) is 0 Å². The van der Waals surface area contributed by atoms with Gasteiger partial charge in [-0.05, 0) is 13.1 Å². The third kappa shape index (κ3) is 4.02. The number of hydrogen-bond donors (Lipinski definition) is 1. The van der Waals surface area contributed by atoms with Crippen molar-refractivity contribution in [1.29, 1.82) is 0 Å². The predicted molar refractivity (Wildman–Crippen MR) is 37.2 cm³/mol. The smallest absolute Gasteiger partial charge is 0.105 e. The maximum atomic E-state index is 3.30. The van der Waals surface area contributed by atoms with E-state index in [4.69, 9.17) is 0 Å². The molecule has 1 N–H and O–H groups in total. The first-order valence-corrected chi connectivity index (χ1v) is 5.53. The van der Waals surface area contributed by atoms with Crippen LogP contribution in [0.2, 0.25) is 12.6 Å². The standard InChI is InChI=1S/C5H15NSi/c1-4-5-7(3)6-2/h6-7H,4-5H2,1-3H3. The largest absolute Gasteiger partial charge is 0.342 e. The third-order valence-corrected chi connectivity index (χ3v) is 3.64. The van der Waals surface area contributed by atoms with Crippen LogP contribution in [0.5, 0.6) is 0 Å². The van der Waals surface area contributed by atoms with E-state index in [0.29, 0.717) is 0 Å². The molecule has 0 spiro atoms. The molecule has 0 aromatic carbocycles. The van der Waals surface area contributed by atoms with Crippen LogP contribution in [0.3, 0.4) is 0 Å². The molecule has 1 atom stereocenters. The van der Waals surface area contributed by atoms with Gasteiger partial charge in [0, 0.05) is 0 Å². The molecule has 0 aliphatic carbocycles. The average molecular weight is 117 g/mol. The maximum Gasteiger partial charge on any atom is 0.105 e. The molecular weight excluding hydrogens is 102 g/mol. The minimum atomic E-state index is -0.431. The highest BCUT2D eigenvalue weighted by Gasteiger charge is 1.94. The van der Waals surface area contributed by atoms with Gasteiger partial charge >= 0.3 is 0 Å². The normalized spacial score (nSPS) is 14.1. The molecule has 0 rings (SSSR count). The second-order valence-corrected chi connectivity index (χ2v) is 4.94. The summed E-state index contributed by atoms with van der Waals surface area (Å²) in [5.74, 6) is 0. The van der Waals surface area contributed by atoms with E-state index in [1.165, 1.54) is 12.5 Å². The van der Waals surface area contributed by atoms with E-state index in [1.807, 2.05) is 0 Å². The van der Waals surface area contributed by atoms with Crippen molar-refractivity contribution in [3.05, 3.63) is 0 Å². The Kier molecular flexibility index (Phi) is 4.45. The van der Waals surface area contributed by atoms with Crippen LogP contribution in [0.4, 0.5) is 0 Å². The monoisotopic (exact) mass is 117 g/mol. The van der Waals surface area contributed by atoms with E-state index in [-0.39, 0.29) is 0 Å². The van der Waals surface area contributed by atoms with Crippen molar-refractivity contribution in [3.8, 4) is 0 Å². The summed E-state index contributed by atoms with van der Waals surface area (Å²) in [5, 5.41) is 0. The molecule has 0 saturated carbocycles. The summed E-state index contributed by atoms with van der Waals surface area (Å²) in [6, 6.07) is 1.43. The Morgan fingerprint density at radius 1 is 1.57 bits per heavy atom. The highest BCUT2D eigenvalue weighted by atomic mass is 28.3. The van der Waals surface area contributed by atoms with E-state index >= 15 is 0 Å². The second kappa shape index (κ2) is 4.34. The van der Waals surface area contributed by atoms with Crippen LogP contribution in [0, 0.1) is 0 Å². The lowest BCUT2D eigenvalue weighted by Crippen LogP contribution is -2.25. The minimum absolute atomic E-state index is 0.431. The van der Waals surface area contributed by atoms with E-state index in [0.717, 1.165) is 0 Å². The van der Waals surface area contributed by atoms with Crippen molar-refractivity contribution in [2.45, 2.75) is 25.9 Å². The zero-order valence-electron chi connectivity index (χ0n) is 5.49. The lowest BCUT2D eigenvalue weighted by molar-refractivity contribution is 1.03. The third-order valence-electron chi connectivity index (χ3n) is 1.21. The summed E-state index contributed by atoms with van der Waals surface area (Å²) in [5.41, 5.74) is 0. The van der Waals surface area contributed by atoms with Gasteiger partial charge < -0.3 is 4.98 Å². The van der Waals surface area contributed by atoms with Crippen LogP contribution in [-0.4, -0.2) is 16.0 Å². The lowest BCUT2D eigenvalue weighted by atomic mass is 10.6. The second-order valence-electron chi connectivity index (χ2n) is 1.98. The summed E-state index contributed by atoms with van der Waals surface area (Å²) < 4.78 is 0. The highest BCUT2D eigenvalue weighted by molar-refractivity contribution is 6.54. The first kappa shape index (κ1) is 7.18. The number of hydrogen-bond acceptors (Lipinski definition) is 1. The molecule has 0 heterocycles. The molecular formula is C5H15NSi. The fourth-order valence-corrected chi connectivity index (χ4v) is 1.73. The number of rotatable bonds is 3. The molecule has 0 fully saturated rings. The van der Waals surface area contributed by atoms with Crippen LogP contribution < -0.4 is 4.98 Å². The highest BCUT2D eigenvalue weighted by Crippen LogP contribution is 1.90. The molecule has 0 bridgehead atoms. The van der Waals surface area contributed by atoms with Gasteiger partial charge in [0.1, 0.15) is 8.96 Å². The molecule has 0 amide bonds. The molecule has 0 aromatic rings. The van der Waals surface area contributed by atoms with E-state index in [2.05, 4.69) is 25.5 Å². The fourth-order valence-electron chi connectivity index (χ4n) is 0.577. The van der Waals surface area contributed by atoms with E-state index < -0.39 is 8.96 Å². The van der Waals surface area contributed by atoms with Gasteiger partial charge in [-0.15, -0.1) is 0 Å². The maximum absolute atomic E-state index is 3.30. The SMILES string of the molecule is CCC[SiH](C)NC. The summed E-state index contributed by atoms with van der Waals surface area (Å²) in [6.45, 7) is 4.57. The Labute approximate surface area is 47.8 Å². The Morgan fingerprint density at radius 3 is 2.29 bits per heavy atom. The van der Waals surface area contributed by atoms with Crippen LogP contribution in [-0.2, 0) is 0 Å². The first-order chi connectivity index (χ1) is 3.31. The average Bonchev–Trinajstić information content (AvgIpc) is 1.68. The Bertz CT molecular complexity index is 39.1. The van der Waals surface area contributed by atoms with Crippen LogP contribution in [0.1, 0.15) is 13.3 Å². The van der Waals surface area contributed by atoms with Crippen molar-refractivity contribution in [3.63, 3.8) is 0 Å². The molecule has 0 aliphatic heterocycles. The van der Waals surface area contributed by atoms with Gasteiger partial charge in [-0.25, -0.2) is 0 Å². The van der Waals surface area contributed by atoms with Crippen molar-refractivity contribution >= 4 is 8.96 Å². The molecule has 0 aromatic heterocycles. The van der Waals surface area contributed by atoms with Crippen molar-refractivity contribution in [2.75, 3.05) is 7.05 Å². The molecule has 0 saturated heterocycles. The van der Waals surface area contributed by atoms with Gasteiger partial charge in [-0.2, -0.15) is 0 Å². The minimum Gasteiger partial charge on any atom is -0.342 e. The zero-order chi connectivity index (χ0) is 5.70. The van der Waals surface area contributed by atoms with Crippen molar-refractivity contribution in [2.24, 2.45) is 0 Å². The topological polar surface area (TPSA) is 12.0 Å². The summed E-state index contributed by atoms with van der Waals surface area (Å²) in [7, 11) is 1.63. The van der Waals surface area contributed by atoms with Gasteiger partial charge in [-0.1, -0.05) is 19.9 Å². The summed E-state index contributed by atoms with van der Waals surface area (Å²) >= 11 is 0. The van der Waals surface area contributed by atoms with Gasteiger partial charge in [0.25, 0.3) is 0 Å². The first-order valence-electron chi connectivity index (χ1n) is 2.98. The summed E-state index contributed by atoms with van der Waals surface area (Å²) in [4.78, 5) is 3.30. The predicted octanol–water partition coefficient (Wildman–Crippen LogP) is 0.969. The van der Waals surface area contributed by atoms with Gasteiger partial charge in [0.15, 0.2) is 0 Å². The molecule has 0 aliphatic rings. The number of nitrogens with one attached hydrogen (secondary N) is 1. The van der Waals surface area contributed by atoms with Crippen molar-refractivity contribution < 1.29 is 0 Å². The molecule has 1 nitrogen and oxygen atoms in total. The molecule has 44 valence electrons. The Morgan fingerprint density at radius 2 is 2.14 bits per heavy atom. The van der Waals surface area contributed by atoms with E-state index in [1.54, 1.807) is 0 Å². The zero-order valence-corrected chi connectivity index (χ0v) is 6.65. The molecule has 2 heteroatoms. The molecule has 7 heavy (non-hydrogen) atoms. The van der Waals surface area contributed by atoms with Crippen molar-refractivity contribution in [1.82, 2.24) is 4.98 Å². The lowest BCUT2D eigenvalue weighted by Gasteiger charge is -2.02.